The Morgan fingerprint density at radius 1 is 1.33 bits per heavy atom. The molecule has 1 aromatic carbocycles. The summed E-state index contributed by atoms with van der Waals surface area (Å²) >= 11 is 0. The van der Waals surface area contributed by atoms with Gasteiger partial charge in [-0.05, 0) is 37.0 Å². The van der Waals surface area contributed by atoms with Gasteiger partial charge >= 0.3 is 0 Å². The predicted octanol–water partition coefficient (Wildman–Crippen LogP) is 2.35. The summed E-state index contributed by atoms with van der Waals surface area (Å²) in [6, 6.07) is 5.70. The first kappa shape index (κ1) is 12.8. The number of likely N-dealkylation sites (tertiary alicyclic amines) is 1. The van der Waals surface area contributed by atoms with E-state index < -0.39 is 0 Å². The summed E-state index contributed by atoms with van der Waals surface area (Å²) < 4.78 is 0. The second-order valence-corrected chi connectivity index (χ2v) is 5.31. The van der Waals surface area contributed by atoms with Crippen molar-refractivity contribution in [1.82, 2.24) is 4.90 Å². The maximum Gasteiger partial charge on any atom is 0.223 e. The lowest BCUT2D eigenvalue weighted by atomic mass is 10.0. The second kappa shape index (κ2) is 4.92. The maximum absolute atomic E-state index is 12.1. The number of carbonyl (C=O) groups excluding carboxylic acids is 2. The maximum atomic E-state index is 12.1. The van der Waals surface area contributed by atoms with E-state index in [4.69, 9.17) is 0 Å². The molecule has 0 bridgehead atoms. The van der Waals surface area contributed by atoms with Crippen molar-refractivity contribution in [3.8, 4) is 0 Å². The monoisotopic (exact) mass is 245 g/mol. The van der Waals surface area contributed by atoms with E-state index in [9.17, 15) is 9.59 Å². The van der Waals surface area contributed by atoms with Gasteiger partial charge in [-0.15, -0.1) is 0 Å². The summed E-state index contributed by atoms with van der Waals surface area (Å²) in [6.45, 7) is 6.98. The van der Waals surface area contributed by atoms with Gasteiger partial charge in [0.05, 0.1) is 6.54 Å². The van der Waals surface area contributed by atoms with Crippen LogP contribution in [0.5, 0.6) is 0 Å². The Bertz CT molecular complexity index is 493. The molecule has 3 nitrogen and oxygen atoms in total. The van der Waals surface area contributed by atoms with Crippen molar-refractivity contribution in [2.75, 3.05) is 13.1 Å². The third kappa shape index (κ3) is 2.61. The number of nitrogens with zero attached hydrogens (tertiary/aromatic N) is 1. The number of rotatable bonds is 3. The molecule has 0 saturated carbocycles. The van der Waals surface area contributed by atoms with Gasteiger partial charge < -0.3 is 4.90 Å². The minimum Gasteiger partial charge on any atom is -0.335 e. The molecule has 0 radical (unpaired) electrons. The molecule has 2 rings (SSSR count). The van der Waals surface area contributed by atoms with E-state index in [-0.39, 0.29) is 18.2 Å². The van der Waals surface area contributed by atoms with Crippen LogP contribution in [0.3, 0.4) is 0 Å². The first-order valence-electron chi connectivity index (χ1n) is 6.35. The quantitative estimate of drug-likeness (QED) is 0.767. The molecular weight excluding hydrogens is 226 g/mol. The minimum atomic E-state index is 0.0283. The molecule has 18 heavy (non-hydrogen) atoms. The molecule has 1 heterocycles. The highest BCUT2D eigenvalue weighted by Gasteiger charge is 2.28. The van der Waals surface area contributed by atoms with Crippen molar-refractivity contribution >= 4 is 11.7 Å². The van der Waals surface area contributed by atoms with E-state index in [1.54, 1.807) is 4.90 Å². The molecule has 0 N–H and O–H groups in total. The van der Waals surface area contributed by atoms with Gasteiger partial charge in [-0.2, -0.15) is 0 Å². The Morgan fingerprint density at radius 2 is 2.06 bits per heavy atom. The van der Waals surface area contributed by atoms with Gasteiger partial charge in [-0.25, -0.2) is 0 Å². The number of amides is 1. The van der Waals surface area contributed by atoms with Crippen LogP contribution < -0.4 is 0 Å². The standard InChI is InChI=1S/C15H19NO2/c1-10-6-15(18)16(8-10)9-14(17)13-5-4-11(2)12(3)7-13/h4-5,7,10H,6,8-9H2,1-3H3. The van der Waals surface area contributed by atoms with Crippen LogP contribution in [-0.4, -0.2) is 29.7 Å². The fourth-order valence-corrected chi connectivity index (χ4v) is 2.30. The molecule has 1 aromatic rings. The average Bonchev–Trinajstić information content (AvgIpc) is 2.61. The average molecular weight is 245 g/mol. The van der Waals surface area contributed by atoms with Crippen LogP contribution >= 0.6 is 0 Å². The SMILES string of the molecule is Cc1ccc(C(=O)CN2CC(C)CC2=O)cc1C. The van der Waals surface area contributed by atoms with Crippen LogP contribution in [-0.2, 0) is 4.79 Å². The van der Waals surface area contributed by atoms with E-state index in [2.05, 4.69) is 0 Å². The largest absolute Gasteiger partial charge is 0.335 e. The smallest absolute Gasteiger partial charge is 0.223 e. The molecule has 0 aliphatic carbocycles. The summed E-state index contributed by atoms with van der Waals surface area (Å²) in [5.74, 6) is 0.491. The van der Waals surface area contributed by atoms with Crippen molar-refractivity contribution in [3.05, 3.63) is 34.9 Å². The molecule has 1 aliphatic rings. The first-order chi connectivity index (χ1) is 8.47. The Kier molecular flexibility index (Phi) is 3.50. The van der Waals surface area contributed by atoms with Gasteiger partial charge in [0.15, 0.2) is 5.78 Å². The third-order valence-electron chi connectivity index (χ3n) is 3.57. The Morgan fingerprint density at radius 3 is 2.61 bits per heavy atom. The molecule has 1 amide bonds. The van der Waals surface area contributed by atoms with E-state index in [0.717, 1.165) is 5.56 Å². The normalized spacial score (nSPS) is 19.4. The molecule has 0 aromatic heterocycles. The van der Waals surface area contributed by atoms with Gasteiger partial charge in [0, 0.05) is 18.5 Å². The van der Waals surface area contributed by atoms with Crippen LogP contribution in [0.2, 0.25) is 0 Å². The molecule has 0 spiro atoms. The lowest BCUT2D eigenvalue weighted by Crippen LogP contribution is -2.31. The second-order valence-electron chi connectivity index (χ2n) is 5.31. The zero-order valence-corrected chi connectivity index (χ0v) is 11.2. The van der Waals surface area contributed by atoms with Gasteiger partial charge in [-0.1, -0.05) is 19.1 Å². The Labute approximate surface area is 108 Å². The number of aryl methyl sites for hydroxylation is 2. The summed E-state index contributed by atoms with van der Waals surface area (Å²) in [7, 11) is 0. The van der Waals surface area contributed by atoms with E-state index in [1.807, 2.05) is 39.0 Å². The van der Waals surface area contributed by atoms with Crippen LogP contribution in [0.15, 0.2) is 18.2 Å². The summed E-state index contributed by atoms with van der Waals surface area (Å²) in [4.78, 5) is 25.4. The molecule has 1 saturated heterocycles. The van der Waals surface area contributed by atoms with Crippen LogP contribution in [0.1, 0.15) is 34.8 Å². The van der Waals surface area contributed by atoms with Gasteiger partial charge in [-0.3, -0.25) is 9.59 Å². The highest BCUT2D eigenvalue weighted by Crippen LogP contribution is 2.18. The van der Waals surface area contributed by atoms with Crippen LogP contribution in [0.4, 0.5) is 0 Å². The third-order valence-corrected chi connectivity index (χ3v) is 3.57. The molecule has 1 fully saturated rings. The first-order valence-corrected chi connectivity index (χ1v) is 6.35. The van der Waals surface area contributed by atoms with E-state index in [0.29, 0.717) is 24.4 Å². The molecule has 96 valence electrons. The highest BCUT2D eigenvalue weighted by atomic mass is 16.2. The number of carbonyl (C=O) groups is 2. The fourth-order valence-electron chi connectivity index (χ4n) is 2.30. The Hall–Kier alpha value is -1.64. The molecule has 1 aliphatic heterocycles. The van der Waals surface area contributed by atoms with Gasteiger partial charge in [0.1, 0.15) is 0 Å². The zero-order chi connectivity index (χ0) is 13.3. The number of ketones is 1. The van der Waals surface area contributed by atoms with Crippen LogP contribution in [0, 0.1) is 19.8 Å². The number of Topliss-reactive ketones (excluding diaryl/α,β-unsaturated/α-hetero) is 1. The highest BCUT2D eigenvalue weighted by molar-refractivity contribution is 5.99. The summed E-state index contributed by atoms with van der Waals surface area (Å²) in [5, 5.41) is 0. The van der Waals surface area contributed by atoms with Crippen molar-refractivity contribution < 1.29 is 9.59 Å². The molecule has 1 unspecified atom stereocenters. The van der Waals surface area contributed by atoms with Crippen molar-refractivity contribution in [2.45, 2.75) is 27.2 Å². The molecule has 1 atom stereocenters. The lowest BCUT2D eigenvalue weighted by Gasteiger charge is -2.15. The summed E-state index contributed by atoms with van der Waals surface area (Å²) in [5.41, 5.74) is 2.99. The van der Waals surface area contributed by atoms with Crippen molar-refractivity contribution in [3.63, 3.8) is 0 Å². The van der Waals surface area contributed by atoms with Crippen molar-refractivity contribution in [1.29, 1.82) is 0 Å². The van der Waals surface area contributed by atoms with Crippen molar-refractivity contribution in [2.24, 2.45) is 5.92 Å². The van der Waals surface area contributed by atoms with E-state index >= 15 is 0 Å². The number of benzene rings is 1. The predicted molar refractivity (Wildman–Crippen MR) is 70.6 cm³/mol. The van der Waals surface area contributed by atoms with Gasteiger partial charge in [0.2, 0.25) is 5.91 Å². The molecule has 3 heteroatoms. The Balaban J connectivity index is 2.08. The topological polar surface area (TPSA) is 37.4 Å². The fraction of sp³-hybridized carbons (Fsp3) is 0.467. The summed E-state index contributed by atoms with van der Waals surface area (Å²) in [6.07, 6.45) is 0.570. The lowest BCUT2D eigenvalue weighted by molar-refractivity contribution is -0.127. The van der Waals surface area contributed by atoms with E-state index in [1.165, 1.54) is 5.56 Å². The number of hydrogen-bond acceptors (Lipinski definition) is 2. The van der Waals surface area contributed by atoms with Crippen LogP contribution in [0.25, 0.3) is 0 Å². The zero-order valence-electron chi connectivity index (χ0n) is 11.2. The number of hydrogen-bond donors (Lipinski definition) is 0. The minimum absolute atomic E-state index is 0.0283. The molecular formula is C15H19NO2. The van der Waals surface area contributed by atoms with Gasteiger partial charge in [0.25, 0.3) is 0 Å².